The summed E-state index contributed by atoms with van der Waals surface area (Å²) in [6, 6.07) is 16.7. The van der Waals surface area contributed by atoms with Gasteiger partial charge in [0.05, 0.1) is 23.1 Å². The Balaban J connectivity index is 1.56. The van der Waals surface area contributed by atoms with Crippen molar-refractivity contribution in [3.63, 3.8) is 0 Å². The lowest BCUT2D eigenvalue weighted by Gasteiger charge is -2.10. The third-order valence-corrected chi connectivity index (χ3v) is 5.58. The van der Waals surface area contributed by atoms with Gasteiger partial charge in [-0.15, -0.1) is 0 Å². The summed E-state index contributed by atoms with van der Waals surface area (Å²) in [6.45, 7) is 0.769. The molecule has 136 valence electrons. The SMILES string of the molecule is Cn1c(=O)n(C)c2cc(Cn3cnc(-c4ccccc4)c3C3CC3)ccc21. The van der Waals surface area contributed by atoms with Gasteiger partial charge in [0, 0.05) is 37.8 Å². The van der Waals surface area contributed by atoms with E-state index in [2.05, 4.69) is 41.0 Å². The van der Waals surface area contributed by atoms with Crippen LogP contribution in [0.2, 0.25) is 0 Å². The van der Waals surface area contributed by atoms with Crippen molar-refractivity contribution < 1.29 is 0 Å². The maximum Gasteiger partial charge on any atom is 0.328 e. The highest BCUT2D eigenvalue weighted by Crippen LogP contribution is 2.44. The monoisotopic (exact) mass is 358 g/mol. The molecule has 27 heavy (non-hydrogen) atoms. The Morgan fingerprint density at radius 1 is 1.00 bits per heavy atom. The van der Waals surface area contributed by atoms with Crippen molar-refractivity contribution in [2.75, 3.05) is 0 Å². The van der Waals surface area contributed by atoms with E-state index < -0.39 is 0 Å². The second-order valence-electron chi connectivity index (χ2n) is 7.47. The van der Waals surface area contributed by atoms with Crippen LogP contribution in [0.15, 0.2) is 59.7 Å². The molecule has 5 rings (SSSR count). The fourth-order valence-electron chi connectivity index (χ4n) is 3.97. The molecule has 2 aromatic heterocycles. The second-order valence-corrected chi connectivity index (χ2v) is 7.47. The van der Waals surface area contributed by atoms with Gasteiger partial charge in [-0.1, -0.05) is 36.4 Å². The van der Waals surface area contributed by atoms with Crippen LogP contribution in [-0.2, 0) is 20.6 Å². The molecule has 0 spiro atoms. The van der Waals surface area contributed by atoms with Gasteiger partial charge in [-0.25, -0.2) is 9.78 Å². The van der Waals surface area contributed by atoms with Gasteiger partial charge in [0.2, 0.25) is 0 Å². The largest absolute Gasteiger partial charge is 0.329 e. The Bertz CT molecular complexity index is 1190. The topological polar surface area (TPSA) is 44.8 Å². The molecule has 0 saturated heterocycles. The van der Waals surface area contributed by atoms with E-state index in [9.17, 15) is 4.79 Å². The van der Waals surface area contributed by atoms with Crippen molar-refractivity contribution in [2.24, 2.45) is 14.1 Å². The van der Waals surface area contributed by atoms with E-state index in [4.69, 9.17) is 4.98 Å². The highest BCUT2D eigenvalue weighted by molar-refractivity contribution is 5.76. The maximum atomic E-state index is 12.2. The van der Waals surface area contributed by atoms with E-state index in [1.54, 1.807) is 9.13 Å². The van der Waals surface area contributed by atoms with Gasteiger partial charge in [-0.2, -0.15) is 0 Å². The third kappa shape index (κ3) is 2.62. The molecule has 2 aromatic carbocycles. The minimum Gasteiger partial charge on any atom is -0.329 e. The smallest absolute Gasteiger partial charge is 0.328 e. The Labute approximate surface area is 157 Å². The van der Waals surface area contributed by atoms with Crippen LogP contribution in [-0.4, -0.2) is 18.7 Å². The number of hydrogen-bond acceptors (Lipinski definition) is 2. The molecule has 1 fully saturated rings. The van der Waals surface area contributed by atoms with E-state index in [-0.39, 0.29) is 5.69 Å². The van der Waals surface area contributed by atoms with Gasteiger partial charge in [0.25, 0.3) is 0 Å². The summed E-state index contributed by atoms with van der Waals surface area (Å²) in [4.78, 5) is 16.9. The molecular weight excluding hydrogens is 336 g/mol. The number of aryl methyl sites for hydroxylation is 2. The Morgan fingerprint density at radius 2 is 1.74 bits per heavy atom. The van der Waals surface area contributed by atoms with E-state index in [0.29, 0.717) is 5.92 Å². The molecule has 1 saturated carbocycles. The van der Waals surface area contributed by atoms with Gasteiger partial charge in [-0.3, -0.25) is 9.13 Å². The molecule has 0 atom stereocenters. The van der Waals surface area contributed by atoms with Crippen LogP contribution in [0.1, 0.15) is 30.0 Å². The molecule has 0 N–H and O–H groups in total. The van der Waals surface area contributed by atoms with Crippen molar-refractivity contribution in [1.82, 2.24) is 18.7 Å². The summed E-state index contributed by atoms with van der Waals surface area (Å²) in [5, 5.41) is 0. The standard InChI is InChI=1S/C22H22N4O/c1-24-18-11-8-15(12-19(18)25(2)22(24)27)13-26-14-23-20(21(26)17-9-10-17)16-6-4-3-5-7-16/h3-8,11-12,14,17H,9-10,13H2,1-2H3. The molecule has 1 aliphatic rings. The number of rotatable bonds is 4. The summed E-state index contributed by atoms with van der Waals surface area (Å²) in [6.07, 6.45) is 4.43. The number of aromatic nitrogens is 4. The van der Waals surface area contributed by atoms with Crippen LogP contribution in [0.25, 0.3) is 22.3 Å². The fourth-order valence-corrected chi connectivity index (χ4v) is 3.97. The summed E-state index contributed by atoms with van der Waals surface area (Å²) < 4.78 is 5.69. The first-order chi connectivity index (χ1) is 13.1. The first-order valence-corrected chi connectivity index (χ1v) is 9.38. The van der Waals surface area contributed by atoms with Crippen molar-refractivity contribution >= 4 is 11.0 Å². The van der Waals surface area contributed by atoms with E-state index in [0.717, 1.165) is 23.3 Å². The van der Waals surface area contributed by atoms with Crippen molar-refractivity contribution in [3.05, 3.63) is 76.6 Å². The highest BCUT2D eigenvalue weighted by atomic mass is 16.1. The molecule has 0 radical (unpaired) electrons. The zero-order valence-electron chi connectivity index (χ0n) is 15.6. The molecular formula is C22H22N4O. The summed E-state index contributed by atoms with van der Waals surface area (Å²) in [5.74, 6) is 0.604. The predicted molar refractivity (Wildman–Crippen MR) is 107 cm³/mol. The van der Waals surface area contributed by atoms with Crippen LogP contribution in [0.3, 0.4) is 0 Å². The minimum absolute atomic E-state index is 0.00909. The molecule has 0 unspecified atom stereocenters. The van der Waals surface area contributed by atoms with E-state index in [1.807, 2.05) is 32.6 Å². The molecule has 1 aliphatic carbocycles. The van der Waals surface area contributed by atoms with Gasteiger partial charge < -0.3 is 4.57 Å². The average Bonchev–Trinajstić information content (AvgIpc) is 3.42. The summed E-state index contributed by atoms with van der Waals surface area (Å²) >= 11 is 0. The van der Waals surface area contributed by atoms with Gasteiger partial charge in [0.15, 0.2) is 0 Å². The number of benzene rings is 2. The summed E-state index contributed by atoms with van der Waals surface area (Å²) in [5.41, 5.74) is 6.74. The lowest BCUT2D eigenvalue weighted by molar-refractivity contribution is 0.743. The minimum atomic E-state index is 0.00909. The number of hydrogen-bond donors (Lipinski definition) is 0. The second kappa shape index (κ2) is 5.98. The maximum absolute atomic E-state index is 12.2. The number of fused-ring (bicyclic) bond motifs is 1. The first-order valence-electron chi connectivity index (χ1n) is 9.38. The van der Waals surface area contributed by atoms with Crippen LogP contribution in [0.5, 0.6) is 0 Å². The molecule has 0 amide bonds. The molecule has 0 bridgehead atoms. The molecule has 2 heterocycles. The van der Waals surface area contributed by atoms with Crippen LogP contribution in [0, 0.1) is 0 Å². The van der Waals surface area contributed by atoms with Gasteiger partial charge in [-0.05, 0) is 30.5 Å². The lowest BCUT2D eigenvalue weighted by atomic mass is 10.1. The zero-order valence-corrected chi connectivity index (χ0v) is 15.6. The van der Waals surface area contributed by atoms with E-state index >= 15 is 0 Å². The van der Waals surface area contributed by atoms with Crippen molar-refractivity contribution in [2.45, 2.75) is 25.3 Å². The predicted octanol–water partition coefficient (Wildman–Crippen LogP) is 3.67. The van der Waals surface area contributed by atoms with Gasteiger partial charge in [0.1, 0.15) is 0 Å². The van der Waals surface area contributed by atoms with Crippen molar-refractivity contribution in [1.29, 1.82) is 0 Å². The molecule has 5 nitrogen and oxygen atoms in total. The van der Waals surface area contributed by atoms with Crippen LogP contribution in [0.4, 0.5) is 0 Å². The molecule has 0 aliphatic heterocycles. The van der Waals surface area contributed by atoms with Crippen LogP contribution < -0.4 is 5.69 Å². The molecule has 5 heteroatoms. The average molecular weight is 358 g/mol. The zero-order chi connectivity index (χ0) is 18.5. The quantitative estimate of drug-likeness (QED) is 0.559. The third-order valence-electron chi connectivity index (χ3n) is 5.58. The first kappa shape index (κ1) is 16.1. The summed E-state index contributed by atoms with van der Waals surface area (Å²) in [7, 11) is 3.65. The normalized spacial score (nSPS) is 14.1. The van der Waals surface area contributed by atoms with E-state index in [1.165, 1.54) is 29.7 Å². The number of imidazole rings is 2. The Hall–Kier alpha value is -3.08. The fraction of sp³-hybridized carbons (Fsp3) is 0.273. The van der Waals surface area contributed by atoms with Crippen molar-refractivity contribution in [3.8, 4) is 11.3 Å². The number of nitrogens with zero attached hydrogens (tertiary/aromatic N) is 4. The molecule has 4 aromatic rings. The lowest BCUT2D eigenvalue weighted by Crippen LogP contribution is -2.19. The Kier molecular flexibility index (Phi) is 3.57. The van der Waals surface area contributed by atoms with Gasteiger partial charge >= 0.3 is 5.69 Å². The Morgan fingerprint density at radius 3 is 2.48 bits per heavy atom. The van der Waals surface area contributed by atoms with Crippen LogP contribution >= 0.6 is 0 Å². The highest BCUT2D eigenvalue weighted by Gasteiger charge is 2.30.